The molecule has 0 spiro atoms. The summed E-state index contributed by atoms with van der Waals surface area (Å²) in [5.74, 6) is 2.93. The summed E-state index contributed by atoms with van der Waals surface area (Å²) in [5, 5.41) is 10.3. The quantitative estimate of drug-likeness (QED) is 0.765. The number of rotatable bonds is 3. The zero-order valence-electron chi connectivity index (χ0n) is 11.8. The average molecular weight is 238 g/mol. The van der Waals surface area contributed by atoms with E-state index < -0.39 is 0 Å². The fourth-order valence-corrected chi connectivity index (χ4v) is 4.07. The molecule has 2 aliphatic carbocycles. The minimum atomic E-state index is -0.308. The molecule has 100 valence electrons. The van der Waals surface area contributed by atoms with Crippen molar-refractivity contribution in [3.8, 4) is 0 Å². The Morgan fingerprint density at radius 1 is 0.882 bits per heavy atom. The molecule has 1 N–H and O–H groups in total. The van der Waals surface area contributed by atoms with Gasteiger partial charge >= 0.3 is 0 Å². The first kappa shape index (κ1) is 13.4. The molecule has 2 aliphatic rings. The summed E-state index contributed by atoms with van der Waals surface area (Å²) >= 11 is 0. The second-order valence-electron chi connectivity index (χ2n) is 6.60. The Morgan fingerprint density at radius 2 is 1.41 bits per heavy atom. The summed E-state index contributed by atoms with van der Waals surface area (Å²) in [6, 6.07) is 0. The lowest BCUT2D eigenvalue weighted by atomic mass is 9.67. The normalized spacial score (nSPS) is 43.6. The molecule has 0 bridgehead atoms. The summed E-state index contributed by atoms with van der Waals surface area (Å²) in [6.07, 6.45) is 12.9. The van der Waals surface area contributed by atoms with Gasteiger partial charge in [-0.25, -0.2) is 0 Å². The molecule has 1 nitrogen and oxygen atoms in total. The van der Waals surface area contributed by atoms with Crippen LogP contribution in [0, 0.1) is 17.8 Å². The van der Waals surface area contributed by atoms with Crippen LogP contribution in [0.4, 0.5) is 0 Å². The number of aliphatic hydroxyl groups is 1. The first-order chi connectivity index (χ1) is 8.17. The van der Waals surface area contributed by atoms with Crippen LogP contribution in [-0.2, 0) is 0 Å². The SMILES string of the molecule is CCC1CCC(C2CCC(O)(CC)CC2)CC1. The van der Waals surface area contributed by atoms with Crippen LogP contribution in [0.2, 0.25) is 0 Å². The summed E-state index contributed by atoms with van der Waals surface area (Å²) in [6.45, 7) is 4.47. The third kappa shape index (κ3) is 3.24. The fraction of sp³-hybridized carbons (Fsp3) is 1.00. The van der Waals surface area contributed by atoms with E-state index in [0.29, 0.717) is 0 Å². The summed E-state index contributed by atoms with van der Waals surface area (Å²) in [7, 11) is 0. The topological polar surface area (TPSA) is 20.2 Å². The third-order valence-electron chi connectivity index (χ3n) is 5.75. The second kappa shape index (κ2) is 5.73. The minimum absolute atomic E-state index is 0.308. The average Bonchev–Trinajstić information content (AvgIpc) is 2.40. The van der Waals surface area contributed by atoms with Crippen molar-refractivity contribution in [3.63, 3.8) is 0 Å². The number of hydrogen-bond acceptors (Lipinski definition) is 1. The second-order valence-corrected chi connectivity index (χ2v) is 6.60. The van der Waals surface area contributed by atoms with Crippen LogP contribution in [-0.4, -0.2) is 10.7 Å². The van der Waals surface area contributed by atoms with Crippen LogP contribution in [0.15, 0.2) is 0 Å². The van der Waals surface area contributed by atoms with Gasteiger partial charge in [0.05, 0.1) is 5.60 Å². The first-order valence-electron chi connectivity index (χ1n) is 7.89. The molecule has 2 rings (SSSR count). The van der Waals surface area contributed by atoms with Crippen LogP contribution in [0.25, 0.3) is 0 Å². The Labute approximate surface area is 107 Å². The molecule has 0 atom stereocenters. The van der Waals surface area contributed by atoms with E-state index in [1.54, 1.807) is 0 Å². The molecule has 0 unspecified atom stereocenters. The first-order valence-corrected chi connectivity index (χ1v) is 7.89. The maximum atomic E-state index is 10.3. The van der Waals surface area contributed by atoms with Crippen molar-refractivity contribution in [2.24, 2.45) is 17.8 Å². The van der Waals surface area contributed by atoms with E-state index in [1.165, 1.54) is 44.9 Å². The highest BCUT2D eigenvalue weighted by atomic mass is 16.3. The smallest absolute Gasteiger partial charge is 0.0645 e. The Balaban J connectivity index is 1.78. The molecule has 0 saturated heterocycles. The van der Waals surface area contributed by atoms with Crippen molar-refractivity contribution in [1.29, 1.82) is 0 Å². The highest BCUT2D eigenvalue weighted by Gasteiger charge is 2.35. The predicted octanol–water partition coefficient (Wildman–Crippen LogP) is 4.53. The zero-order chi connectivity index (χ0) is 12.3. The van der Waals surface area contributed by atoms with E-state index >= 15 is 0 Å². The van der Waals surface area contributed by atoms with E-state index in [-0.39, 0.29) is 5.60 Å². The van der Waals surface area contributed by atoms with Gasteiger partial charge in [0.1, 0.15) is 0 Å². The van der Waals surface area contributed by atoms with Crippen molar-refractivity contribution in [1.82, 2.24) is 0 Å². The Morgan fingerprint density at radius 3 is 1.88 bits per heavy atom. The van der Waals surface area contributed by atoms with Crippen molar-refractivity contribution in [3.05, 3.63) is 0 Å². The molecule has 1 heteroatoms. The Kier molecular flexibility index (Phi) is 4.52. The van der Waals surface area contributed by atoms with Gasteiger partial charge in [-0.3, -0.25) is 0 Å². The van der Waals surface area contributed by atoms with Gasteiger partial charge in [-0.1, -0.05) is 33.1 Å². The molecule has 2 saturated carbocycles. The van der Waals surface area contributed by atoms with Crippen molar-refractivity contribution in [2.45, 2.75) is 83.7 Å². The van der Waals surface area contributed by atoms with Crippen LogP contribution >= 0.6 is 0 Å². The van der Waals surface area contributed by atoms with Crippen molar-refractivity contribution >= 4 is 0 Å². The molecular weight excluding hydrogens is 208 g/mol. The highest BCUT2D eigenvalue weighted by molar-refractivity contribution is 4.88. The molecule has 0 heterocycles. The van der Waals surface area contributed by atoms with Crippen LogP contribution in [0.5, 0.6) is 0 Å². The lowest BCUT2D eigenvalue weighted by Gasteiger charge is -2.41. The highest BCUT2D eigenvalue weighted by Crippen LogP contribution is 2.43. The Bertz CT molecular complexity index is 220. The monoisotopic (exact) mass is 238 g/mol. The predicted molar refractivity (Wildman–Crippen MR) is 72.9 cm³/mol. The Hall–Kier alpha value is -0.0400. The summed E-state index contributed by atoms with van der Waals surface area (Å²) in [5.41, 5.74) is -0.308. The van der Waals surface area contributed by atoms with Crippen LogP contribution in [0.3, 0.4) is 0 Å². The van der Waals surface area contributed by atoms with Gasteiger partial charge in [-0.05, 0) is 62.7 Å². The van der Waals surface area contributed by atoms with Crippen molar-refractivity contribution in [2.75, 3.05) is 0 Å². The van der Waals surface area contributed by atoms with Gasteiger partial charge < -0.3 is 5.11 Å². The van der Waals surface area contributed by atoms with Gasteiger partial charge in [0, 0.05) is 0 Å². The molecule has 0 aromatic carbocycles. The van der Waals surface area contributed by atoms with Gasteiger partial charge in [0.15, 0.2) is 0 Å². The van der Waals surface area contributed by atoms with Gasteiger partial charge in [-0.15, -0.1) is 0 Å². The summed E-state index contributed by atoms with van der Waals surface area (Å²) < 4.78 is 0. The molecular formula is C16H30O. The largest absolute Gasteiger partial charge is 0.390 e. The lowest BCUT2D eigenvalue weighted by molar-refractivity contribution is -0.0239. The standard InChI is InChI=1S/C16H30O/c1-3-13-5-7-14(8-6-13)15-9-11-16(17,4-2)12-10-15/h13-15,17H,3-12H2,1-2H3. The molecule has 2 fully saturated rings. The van der Waals surface area contributed by atoms with E-state index in [0.717, 1.165) is 37.0 Å². The number of hydrogen-bond donors (Lipinski definition) is 1. The molecule has 0 radical (unpaired) electrons. The fourth-order valence-electron chi connectivity index (χ4n) is 4.07. The van der Waals surface area contributed by atoms with Crippen molar-refractivity contribution < 1.29 is 5.11 Å². The zero-order valence-corrected chi connectivity index (χ0v) is 11.8. The van der Waals surface area contributed by atoms with E-state index in [9.17, 15) is 5.11 Å². The van der Waals surface area contributed by atoms with E-state index in [1.807, 2.05) is 0 Å². The summed E-state index contributed by atoms with van der Waals surface area (Å²) in [4.78, 5) is 0. The molecule has 0 aliphatic heterocycles. The molecule has 17 heavy (non-hydrogen) atoms. The van der Waals surface area contributed by atoms with E-state index in [2.05, 4.69) is 13.8 Å². The maximum absolute atomic E-state index is 10.3. The van der Waals surface area contributed by atoms with Gasteiger partial charge in [0.25, 0.3) is 0 Å². The third-order valence-corrected chi connectivity index (χ3v) is 5.75. The molecule has 0 aromatic rings. The van der Waals surface area contributed by atoms with Gasteiger partial charge in [0.2, 0.25) is 0 Å². The van der Waals surface area contributed by atoms with E-state index in [4.69, 9.17) is 0 Å². The molecule has 0 amide bonds. The lowest BCUT2D eigenvalue weighted by Crippen LogP contribution is -2.36. The minimum Gasteiger partial charge on any atom is -0.390 e. The maximum Gasteiger partial charge on any atom is 0.0645 e. The van der Waals surface area contributed by atoms with Crippen LogP contribution < -0.4 is 0 Å². The van der Waals surface area contributed by atoms with Gasteiger partial charge in [-0.2, -0.15) is 0 Å². The molecule has 0 aromatic heterocycles. The van der Waals surface area contributed by atoms with Crippen LogP contribution in [0.1, 0.15) is 78.1 Å².